The minimum absolute atomic E-state index is 0.122. The molecule has 1 saturated carbocycles. The molecule has 0 radical (unpaired) electrons. The number of hydrogen-bond donors (Lipinski definition) is 1. The molecule has 2 aliphatic heterocycles. The topological polar surface area (TPSA) is 79.8 Å². The summed E-state index contributed by atoms with van der Waals surface area (Å²) in [4.78, 5) is 12.4. The quantitative estimate of drug-likeness (QED) is 0.219. The minimum atomic E-state index is -0.122. The number of aliphatic hydroxyl groups excluding tert-OH is 1. The summed E-state index contributed by atoms with van der Waals surface area (Å²) in [5.41, 5.74) is 7.96. The normalized spacial score (nSPS) is 21.0. The molecule has 0 bridgehead atoms. The van der Waals surface area contributed by atoms with E-state index in [2.05, 4.69) is 64.9 Å². The monoisotopic (exact) mass is 623 g/mol. The fourth-order valence-electron chi connectivity index (χ4n) is 7.79. The second kappa shape index (κ2) is 12.8. The first-order chi connectivity index (χ1) is 21.9. The summed E-state index contributed by atoms with van der Waals surface area (Å²) in [7, 11) is 0. The molecule has 7 nitrogen and oxygen atoms in total. The van der Waals surface area contributed by atoms with Gasteiger partial charge in [-0.05, 0) is 106 Å². The fraction of sp³-hybridized carbons (Fsp3) is 0.459. The van der Waals surface area contributed by atoms with E-state index >= 15 is 0 Å². The summed E-state index contributed by atoms with van der Waals surface area (Å²) >= 11 is 7.20. The molecule has 3 aromatic carbocycles. The van der Waals surface area contributed by atoms with Gasteiger partial charge in [-0.1, -0.05) is 42.8 Å². The Hall–Kier alpha value is -3.41. The fourth-order valence-corrected chi connectivity index (χ4v) is 8.14. The first-order valence-electron chi connectivity index (χ1n) is 16.6. The van der Waals surface area contributed by atoms with Gasteiger partial charge in [0.1, 0.15) is 11.6 Å². The molecular weight excluding hydrogens is 582 g/mol. The van der Waals surface area contributed by atoms with E-state index in [1.165, 1.54) is 12.8 Å². The van der Waals surface area contributed by atoms with Crippen molar-refractivity contribution < 1.29 is 9.52 Å². The molecule has 0 amide bonds. The number of rotatable bonds is 8. The van der Waals surface area contributed by atoms with Gasteiger partial charge in [0.25, 0.3) is 0 Å². The van der Waals surface area contributed by atoms with E-state index in [0.717, 1.165) is 109 Å². The third-order valence-electron chi connectivity index (χ3n) is 10.3. The van der Waals surface area contributed by atoms with Gasteiger partial charge in [-0.3, -0.25) is 9.80 Å². The molecular formula is C37H42ClN5O2. The average molecular weight is 624 g/mol. The van der Waals surface area contributed by atoms with Gasteiger partial charge < -0.3 is 14.4 Å². The van der Waals surface area contributed by atoms with Crippen LogP contribution < -0.4 is 4.90 Å². The number of fused-ring (bicyclic) bond motifs is 1. The number of aromatic nitrogens is 1. The molecule has 1 aliphatic carbocycles. The van der Waals surface area contributed by atoms with Crippen LogP contribution >= 0.6 is 11.6 Å². The number of likely N-dealkylation sites (tertiary alicyclic amines) is 1. The van der Waals surface area contributed by atoms with E-state index in [0.29, 0.717) is 29.1 Å². The molecule has 45 heavy (non-hydrogen) atoms. The van der Waals surface area contributed by atoms with Gasteiger partial charge >= 0.3 is 0 Å². The van der Waals surface area contributed by atoms with Crippen LogP contribution in [0.5, 0.6) is 0 Å². The van der Waals surface area contributed by atoms with Gasteiger partial charge in [0.2, 0.25) is 5.89 Å². The van der Waals surface area contributed by atoms with Crippen LogP contribution in [0.3, 0.4) is 0 Å². The highest BCUT2D eigenvalue weighted by Gasteiger charge is 2.36. The Balaban J connectivity index is 1.14. The summed E-state index contributed by atoms with van der Waals surface area (Å²) in [6.45, 7) is 10.3. The molecule has 1 aromatic heterocycles. The summed E-state index contributed by atoms with van der Waals surface area (Å²) in [6.07, 6.45) is 6.34. The maximum absolute atomic E-state index is 9.93. The van der Waals surface area contributed by atoms with Crippen molar-refractivity contribution in [2.45, 2.75) is 77.1 Å². The predicted molar refractivity (Wildman–Crippen MR) is 180 cm³/mol. The number of nitriles is 1. The second-order valence-electron chi connectivity index (χ2n) is 13.1. The van der Waals surface area contributed by atoms with E-state index in [9.17, 15) is 10.4 Å². The number of hydrogen-bond acceptors (Lipinski definition) is 7. The van der Waals surface area contributed by atoms with Gasteiger partial charge in [0, 0.05) is 42.8 Å². The van der Waals surface area contributed by atoms with Crippen LogP contribution in [-0.4, -0.2) is 70.8 Å². The molecule has 1 N–H and O–H groups in total. The number of piperidine rings is 1. The van der Waals surface area contributed by atoms with Crippen molar-refractivity contribution in [1.82, 2.24) is 14.8 Å². The molecule has 0 unspecified atom stereocenters. The third kappa shape index (κ3) is 5.86. The van der Waals surface area contributed by atoms with E-state index in [-0.39, 0.29) is 6.10 Å². The Labute approximate surface area is 271 Å². The maximum Gasteiger partial charge on any atom is 0.227 e. The van der Waals surface area contributed by atoms with Crippen molar-refractivity contribution in [3.05, 3.63) is 70.2 Å². The summed E-state index contributed by atoms with van der Waals surface area (Å²) in [5, 5.41) is 20.5. The zero-order valence-electron chi connectivity index (χ0n) is 26.3. The van der Waals surface area contributed by atoms with E-state index in [1.807, 2.05) is 18.2 Å². The highest BCUT2D eigenvalue weighted by molar-refractivity contribution is 6.36. The van der Waals surface area contributed by atoms with Crippen molar-refractivity contribution in [3.63, 3.8) is 0 Å². The van der Waals surface area contributed by atoms with Crippen LogP contribution in [0.15, 0.2) is 52.9 Å². The van der Waals surface area contributed by atoms with Gasteiger partial charge in [-0.15, -0.1) is 0 Å². The SMILES string of the molecule is CCN(C1CCN(c2cccc(-c3cccc(-c4nc5cc(CN6CCCC6)cc(C#N)c5o4)c3C)c2Cl)CC1)[C@H]1C[C@@H](O)C1. The Bertz CT molecular complexity index is 1720. The molecule has 2 saturated heterocycles. The average Bonchev–Trinajstić information content (AvgIpc) is 3.71. The molecule has 0 atom stereocenters. The van der Waals surface area contributed by atoms with Crippen molar-refractivity contribution in [2.24, 2.45) is 0 Å². The minimum Gasteiger partial charge on any atom is -0.435 e. The standard InChI is InChI=1S/C37H42ClN5O2/c1-3-43(28-20-29(44)21-28)27-12-16-42(17-13-27)34-11-7-10-32(35(34)38)30-8-6-9-31(24(30)2)37-40-33-19-25(23-41-14-4-5-15-41)18-26(22-39)36(33)45-37/h6-11,18-19,27-29,44H,3-5,12-17,20-21,23H2,1-2H3/t28-,29+. The van der Waals surface area contributed by atoms with Crippen LogP contribution in [0.2, 0.25) is 5.02 Å². The third-order valence-corrected chi connectivity index (χ3v) is 10.7. The molecule has 3 fully saturated rings. The van der Waals surface area contributed by atoms with Crippen molar-refractivity contribution in [2.75, 3.05) is 37.6 Å². The van der Waals surface area contributed by atoms with Gasteiger partial charge in [-0.25, -0.2) is 4.98 Å². The number of anilines is 1. The van der Waals surface area contributed by atoms with Gasteiger partial charge in [-0.2, -0.15) is 5.26 Å². The van der Waals surface area contributed by atoms with Crippen molar-refractivity contribution in [1.29, 1.82) is 5.26 Å². The molecule has 0 spiro atoms. The molecule has 234 valence electrons. The Morgan fingerprint density at radius 3 is 2.42 bits per heavy atom. The lowest BCUT2D eigenvalue weighted by Gasteiger charge is -2.47. The first-order valence-corrected chi connectivity index (χ1v) is 16.9. The number of oxazole rings is 1. The lowest BCUT2D eigenvalue weighted by Crippen LogP contribution is -2.54. The highest BCUT2D eigenvalue weighted by Crippen LogP contribution is 2.41. The number of halogens is 1. The van der Waals surface area contributed by atoms with E-state index in [4.69, 9.17) is 21.0 Å². The zero-order valence-corrected chi connectivity index (χ0v) is 27.1. The Kier molecular flexibility index (Phi) is 8.58. The molecule has 8 heteroatoms. The maximum atomic E-state index is 9.93. The second-order valence-corrected chi connectivity index (χ2v) is 13.4. The van der Waals surface area contributed by atoms with Crippen LogP contribution in [0.4, 0.5) is 5.69 Å². The van der Waals surface area contributed by atoms with E-state index < -0.39 is 0 Å². The van der Waals surface area contributed by atoms with Gasteiger partial charge in [0.15, 0.2) is 5.58 Å². The number of benzene rings is 3. The predicted octanol–water partition coefficient (Wildman–Crippen LogP) is 7.41. The largest absolute Gasteiger partial charge is 0.435 e. The number of aliphatic hydroxyl groups is 1. The Morgan fingerprint density at radius 1 is 1.00 bits per heavy atom. The molecule has 3 heterocycles. The lowest BCUT2D eigenvalue weighted by molar-refractivity contribution is -0.0190. The van der Waals surface area contributed by atoms with Crippen LogP contribution in [0, 0.1) is 18.3 Å². The Morgan fingerprint density at radius 2 is 1.71 bits per heavy atom. The van der Waals surface area contributed by atoms with Crippen molar-refractivity contribution >= 4 is 28.4 Å². The van der Waals surface area contributed by atoms with Gasteiger partial charge in [0.05, 0.1) is 22.4 Å². The summed E-state index contributed by atoms with van der Waals surface area (Å²) < 4.78 is 6.29. The van der Waals surface area contributed by atoms with Crippen LogP contribution in [-0.2, 0) is 6.54 Å². The molecule has 4 aromatic rings. The summed E-state index contributed by atoms with van der Waals surface area (Å²) in [5.74, 6) is 0.521. The van der Waals surface area contributed by atoms with Crippen LogP contribution in [0.1, 0.15) is 62.1 Å². The van der Waals surface area contributed by atoms with E-state index in [1.54, 1.807) is 0 Å². The zero-order chi connectivity index (χ0) is 31.1. The first kappa shape index (κ1) is 30.3. The molecule has 7 rings (SSSR count). The highest BCUT2D eigenvalue weighted by atomic mass is 35.5. The number of nitrogens with zero attached hydrogens (tertiary/aromatic N) is 5. The van der Waals surface area contributed by atoms with Crippen LogP contribution in [0.25, 0.3) is 33.7 Å². The molecule has 3 aliphatic rings. The van der Waals surface area contributed by atoms with Crippen molar-refractivity contribution in [3.8, 4) is 28.7 Å². The summed E-state index contributed by atoms with van der Waals surface area (Å²) in [6, 6.07) is 19.9. The lowest BCUT2D eigenvalue weighted by atomic mass is 9.86. The smallest absolute Gasteiger partial charge is 0.227 e.